The molecule has 0 radical (unpaired) electrons. The maximum atomic E-state index is 13.0. The lowest BCUT2D eigenvalue weighted by Gasteiger charge is -2.20. The van der Waals surface area contributed by atoms with Crippen molar-refractivity contribution < 1.29 is 27.5 Å². The van der Waals surface area contributed by atoms with Gasteiger partial charge in [-0.2, -0.15) is 13.2 Å². The summed E-state index contributed by atoms with van der Waals surface area (Å²) in [6, 6.07) is 13.4. The Bertz CT molecular complexity index is 1100. The zero-order valence-electron chi connectivity index (χ0n) is 17.5. The van der Waals surface area contributed by atoms with Gasteiger partial charge in [0.2, 0.25) is 5.91 Å². The van der Waals surface area contributed by atoms with E-state index >= 15 is 0 Å². The van der Waals surface area contributed by atoms with E-state index < -0.39 is 18.9 Å². The summed E-state index contributed by atoms with van der Waals surface area (Å²) < 4.78 is 41.5. The van der Waals surface area contributed by atoms with Gasteiger partial charge in [0.05, 0.1) is 16.8 Å². The molecular weight excluding hydrogens is 443 g/mol. The Morgan fingerprint density at radius 1 is 1.16 bits per heavy atom. The molecule has 2 amide bonds. The van der Waals surface area contributed by atoms with E-state index in [0.717, 1.165) is 26.9 Å². The number of carbonyl (C=O) groups excluding carboxylic acids is 2. The molecule has 0 spiro atoms. The molecule has 32 heavy (non-hydrogen) atoms. The number of benzene rings is 2. The van der Waals surface area contributed by atoms with Crippen molar-refractivity contribution in [2.75, 3.05) is 18.1 Å². The maximum Gasteiger partial charge on any atom is 0.422 e. The van der Waals surface area contributed by atoms with Crippen molar-refractivity contribution in [3.63, 3.8) is 0 Å². The van der Waals surface area contributed by atoms with Crippen LogP contribution in [-0.4, -0.2) is 36.3 Å². The molecular formula is C22H22F3N3O3S. The molecule has 170 valence electrons. The molecule has 0 saturated heterocycles. The highest BCUT2D eigenvalue weighted by atomic mass is 32.1. The molecule has 0 atom stereocenters. The Kier molecular flexibility index (Phi) is 7.34. The summed E-state index contributed by atoms with van der Waals surface area (Å²) in [6.45, 7) is 2.39. The quantitative estimate of drug-likeness (QED) is 0.526. The van der Waals surface area contributed by atoms with Crippen LogP contribution in [-0.2, 0) is 16.1 Å². The third-order valence-electron chi connectivity index (χ3n) is 4.50. The zero-order chi connectivity index (χ0) is 23.3. The van der Waals surface area contributed by atoms with Crippen molar-refractivity contribution in [2.45, 2.75) is 33.0 Å². The number of fused-ring (bicyclic) bond motifs is 1. The van der Waals surface area contributed by atoms with Gasteiger partial charge in [-0.25, -0.2) is 9.78 Å². The number of anilines is 1. The number of hydrogen-bond donors (Lipinski definition) is 1. The molecule has 0 unspecified atom stereocenters. The molecule has 0 aliphatic rings. The number of alkyl halides is 3. The smallest absolute Gasteiger partial charge is 0.422 e. The van der Waals surface area contributed by atoms with E-state index in [4.69, 9.17) is 0 Å². The summed E-state index contributed by atoms with van der Waals surface area (Å²) in [5, 5.41) is 2.69. The number of carbonyl (C=O) groups is 2. The van der Waals surface area contributed by atoms with Crippen LogP contribution >= 0.6 is 11.3 Å². The third-order valence-corrected chi connectivity index (χ3v) is 5.73. The number of halogens is 3. The number of nitrogens with zero attached hydrogens (tertiary/aromatic N) is 2. The van der Waals surface area contributed by atoms with Gasteiger partial charge in [-0.05, 0) is 36.6 Å². The molecule has 1 aromatic heterocycles. The fourth-order valence-corrected chi connectivity index (χ4v) is 4.15. The van der Waals surface area contributed by atoms with Gasteiger partial charge in [0.1, 0.15) is 0 Å². The average molecular weight is 465 g/mol. The molecule has 3 aromatic rings. The lowest BCUT2D eigenvalue weighted by molar-refractivity contribution is -0.160. The van der Waals surface area contributed by atoms with Crippen molar-refractivity contribution in [1.29, 1.82) is 0 Å². The van der Waals surface area contributed by atoms with E-state index in [1.165, 1.54) is 16.2 Å². The van der Waals surface area contributed by atoms with Crippen LogP contribution in [0.15, 0.2) is 42.5 Å². The summed E-state index contributed by atoms with van der Waals surface area (Å²) in [5.41, 5.74) is 3.81. The van der Waals surface area contributed by atoms with Gasteiger partial charge in [0.25, 0.3) is 0 Å². The SMILES string of the molecule is Cc1cc(C)c2sc(N(Cc3ccccc3)C(=O)CCNC(=O)OCC(F)(F)F)nc2c1. The number of ether oxygens (including phenoxy) is 1. The second-order valence-electron chi connectivity index (χ2n) is 7.26. The molecule has 0 fully saturated rings. The second kappa shape index (κ2) is 9.99. The summed E-state index contributed by atoms with van der Waals surface area (Å²) in [6.07, 6.45) is -5.96. The first-order valence-corrected chi connectivity index (χ1v) is 10.6. The van der Waals surface area contributed by atoms with Crippen molar-refractivity contribution in [3.05, 3.63) is 59.2 Å². The molecule has 3 rings (SSSR count). The molecule has 1 heterocycles. The predicted octanol–water partition coefficient (Wildman–Crippen LogP) is 5.12. The first-order chi connectivity index (χ1) is 15.1. The first-order valence-electron chi connectivity index (χ1n) is 9.82. The highest BCUT2D eigenvalue weighted by Gasteiger charge is 2.29. The van der Waals surface area contributed by atoms with Crippen molar-refractivity contribution in [2.24, 2.45) is 0 Å². The van der Waals surface area contributed by atoms with Gasteiger partial charge in [0, 0.05) is 13.0 Å². The minimum absolute atomic E-state index is 0.123. The van der Waals surface area contributed by atoms with E-state index in [2.05, 4.69) is 15.0 Å². The van der Waals surface area contributed by atoms with Gasteiger partial charge in [-0.3, -0.25) is 9.69 Å². The van der Waals surface area contributed by atoms with Crippen molar-refractivity contribution >= 4 is 38.7 Å². The van der Waals surface area contributed by atoms with Crippen molar-refractivity contribution in [1.82, 2.24) is 10.3 Å². The van der Waals surface area contributed by atoms with Gasteiger partial charge < -0.3 is 10.1 Å². The molecule has 0 aliphatic carbocycles. The van der Waals surface area contributed by atoms with E-state index in [0.29, 0.717) is 5.13 Å². The summed E-state index contributed by atoms with van der Waals surface area (Å²) in [5.74, 6) is -0.321. The molecule has 0 saturated carbocycles. The zero-order valence-corrected chi connectivity index (χ0v) is 18.3. The highest BCUT2D eigenvalue weighted by molar-refractivity contribution is 7.22. The van der Waals surface area contributed by atoms with Crippen LogP contribution in [0.25, 0.3) is 10.2 Å². The first kappa shape index (κ1) is 23.5. The van der Waals surface area contributed by atoms with Crippen LogP contribution < -0.4 is 10.2 Å². The van der Waals surface area contributed by atoms with Gasteiger partial charge in [0.15, 0.2) is 11.7 Å². The Morgan fingerprint density at radius 3 is 2.56 bits per heavy atom. The second-order valence-corrected chi connectivity index (χ2v) is 8.24. The molecule has 0 bridgehead atoms. The van der Waals surface area contributed by atoms with E-state index in [-0.39, 0.29) is 25.4 Å². The maximum absolute atomic E-state index is 13.0. The van der Waals surface area contributed by atoms with E-state index in [1.54, 1.807) is 0 Å². The van der Waals surface area contributed by atoms with Crippen LogP contribution in [0.2, 0.25) is 0 Å². The highest BCUT2D eigenvalue weighted by Crippen LogP contribution is 2.33. The summed E-state index contributed by atoms with van der Waals surface area (Å²) >= 11 is 1.40. The number of alkyl carbamates (subject to hydrolysis) is 1. The number of nitrogens with one attached hydrogen (secondary N) is 1. The number of aryl methyl sites for hydroxylation is 2. The van der Waals surface area contributed by atoms with Gasteiger partial charge >= 0.3 is 12.3 Å². The van der Waals surface area contributed by atoms with Crippen LogP contribution in [0.4, 0.5) is 23.1 Å². The normalized spacial score (nSPS) is 11.4. The largest absolute Gasteiger partial charge is 0.440 e. The predicted molar refractivity (Wildman–Crippen MR) is 117 cm³/mol. The Morgan fingerprint density at radius 2 is 1.88 bits per heavy atom. The minimum atomic E-state index is -4.61. The standard InChI is InChI=1S/C22H22F3N3O3S/c1-14-10-15(2)19-17(11-14)27-20(32-19)28(12-16-6-4-3-5-7-16)18(29)8-9-26-21(30)31-13-22(23,24)25/h3-7,10-11H,8-9,12-13H2,1-2H3,(H,26,30). The summed E-state index contributed by atoms with van der Waals surface area (Å²) in [4.78, 5) is 30.6. The molecule has 1 N–H and O–H groups in total. The van der Waals surface area contributed by atoms with Crippen molar-refractivity contribution in [3.8, 4) is 0 Å². The number of aromatic nitrogens is 1. The molecule has 2 aromatic carbocycles. The van der Waals surface area contributed by atoms with Crippen LogP contribution in [0.3, 0.4) is 0 Å². The van der Waals surface area contributed by atoms with Crippen LogP contribution in [0.1, 0.15) is 23.1 Å². The average Bonchev–Trinajstić information content (AvgIpc) is 3.14. The minimum Gasteiger partial charge on any atom is -0.440 e. The Balaban J connectivity index is 1.74. The van der Waals surface area contributed by atoms with Gasteiger partial charge in [-0.1, -0.05) is 47.7 Å². The summed E-state index contributed by atoms with van der Waals surface area (Å²) in [7, 11) is 0. The lowest BCUT2D eigenvalue weighted by atomic mass is 10.1. The number of amides is 2. The lowest BCUT2D eigenvalue weighted by Crippen LogP contribution is -2.35. The van der Waals surface area contributed by atoms with E-state index in [9.17, 15) is 22.8 Å². The van der Waals surface area contributed by atoms with E-state index in [1.807, 2.05) is 56.3 Å². The third kappa shape index (κ3) is 6.43. The Hall–Kier alpha value is -3.14. The topological polar surface area (TPSA) is 71.5 Å². The molecule has 0 aliphatic heterocycles. The molecule has 6 nitrogen and oxygen atoms in total. The molecule has 10 heteroatoms. The van der Waals surface area contributed by atoms with Crippen LogP contribution in [0, 0.1) is 13.8 Å². The van der Waals surface area contributed by atoms with Crippen LogP contribution in [0.5, 0.6) is 0 Å². The fraction of sp³-hybridized carbons (Fsp3) is 0.318. The monoisotopic (exact) mass is 465 g/mol. The number of hydrogen-bond acceptors (Lipinski definition) is 5. The van der Waals surface area contributed by atoms with Gasteiger partial charge in [-0.15, -0.1) is 0 Å². The fourth-order valence-electron chi connectivity index (χ4n) is 3.11. The number of thiazole rings is 1. The Labute approximate surface area is 187 Å². The number of rotatable bonds is 7.